The zero-order valence-electron chi connectivity index (χ0n) is 10.5. The van der Waals surface area contributed by atoms with Crippen LogP contribution in [0.4, 0.5) is 0 Å². The first-order valence-electron chi connectivity index (χ1n) is 6.43. The Balaban J connectivity index is 1.76. The molecule has 5 heteroatoms. The van der Waals surface area contributed by atoms with Crippen LogP contribution in [-0.2, 0) is 13.1 Å². The largest absolute Gasteiger partial charge is 0.309 e. The van der Waals surface area contributed by atoms with Gasteiger partial charge >= 0.3 is 0 Å². The molecule has 1 saturated carbocycles. The SMILES string of the molecule is CCCn1ncnc1CNCC1(CCCl)CC1. The monoisotopic (exact) mass is 256 g/mol. The summed E-state index contributed by atoms with van der Waals surface area (Å²) in [6.07, 6.45) is 6.48. The molecule has 0 saturated heterocycles. The Hall–Kier alpha value is -0.610. The maximum Gasteiger partial charge on any atom is 0.140 e. The van der Waals surface area contributed by atoms with Crippen molar-refractivity contribution >= 4 is 11.6 Å². The Bertz CT molecular complexity index is 346. The predicted octanol–water partition coefficient (Wildman–Crippen LogP) is 2.19. The van der Waals surface area contributed by atoms with Gasteiger partial charge in [-0.25, -0.2) is 9.67 Å². The zero-order valence-corrected chi connectivity index (χ0v) is 11.2. The lowest BCUT2D eigenvalue weighted by molar-refractivity contribution is 0.434. The first-order valence-corrected chi connectivity index (χ1v) is 6.96. The van der Waals surface area contributed by atoms with Gasteiger partial charge in [0.2, 0.25) is 0 Å². The average Bonchev–Trinajstić information content (AvgIpc) is 2.93. The Morgan fingerprint density at radius 3 is 3.00 bits per heavy atom. The molecule has 1 aliphatic carbocycles. The van der Waals surface area contributed by atoms with Crippen LogP contribution in [0.5, 0.6) is 0 Å². The van der Waals surface area contributed by atoms with Crippen molar-refractivity contribution in [2.75, 3.05) is 12.4 Å². The molecular weight excluding hydrogens is 236 g/mol. The molecule has 1 heterocycles. The van der Waals surface area contributed by atoms with Crippen molar-refractivity contribution in [3.8, 4) is 0 Å². The first kappa shape index (κ1) is 12.8. The number of aromatic nitrogens is 3. The summed E-state index contributed by atoms with van der Waals surface area (Å²) in [7, 11) is 0. The van der Waals surface area contributed by atoms with Crippen molar-refractivity contribution in [3.05, 3.63) is 12.2 Å². The summed E-state index contributed by atoms with van der Waals surface area (Å²) < 4.78 is 1.98. The van der Waals surface area contributed by atoms with E-state index in [2.05, 4.69) is 22.3 Å². The molecule has 0 bridgehead atoms. The molecule has 1 aromatic heterocycles. The number of rotatable bonds is 8. The van der Waals surface area contributed by atoms with Gasteiger partial charge in [-0.3, -0.25) is 0 Å². The molecule has 17 heavy (non-hydrogen) atoms. The Morgan fingerprint density at radius 2 is 2.35 bits per heavy atom. The van der Waals surface area contributed by atoms with Gasteiger partial charge in [0.05, 0.1) is 6.54 Å². The predicted molar refractivity (Wildman–Crippen MR) is 69.0 cm³/mol. The fraction of sp³-hybridized carbons (Fsp3) is 0.833. The van der Waals surface area contributed by atoms with E-state index in [0.29, 0.717) is 5.41 Å². The van der Waals surface area contributed by atoms with Gasteiger partial charge in [-0.2, -0.15) is 5.10 Å². The lowest BCUT2D eigenvalue weighted by Crippen LogP contribution is -2.25. The van der Waals surface area contributed by atoms with Gasteiger partial charge in [0.25, 0.3) is 0 Å². The van der Waals surface area contributed by atoms with E-state index in [1.165, 1.54) is 12.8 Å². The number of hydrogen-bond donors (Lipinski definition) is 1. The zero-order chi connectivity index (χ0) is 12.1. The van der Waals surface area contributed by atoms with Gasteiger partial charge in [0, 0.05) is 19.0 Å². The molecule has 0 radical (unpaired) electrons. The van der Waals surface area contributed by atoms with E-state index < -0.39 is 0 Å². The standard InChI is InChI=1S/C12H21ClN4/c1-2-7-17-11(15-10-16-17)8-14-9-12(3-4-12)5-6-13/h10,14H,2-9H2,1H3. The van der Waals surface area contributed by atoms with E-state index in [1.807, 2.05) is 4.68 Å². The van der Waals surface area contributed by atoms with Crippen LogP contribution in [0.25, 0.3) is 0 Å². The number of alkyl halides is 1. The number of aryl methyl sites for hydroxylation is 1. The van der Waals surface area contributed by atoms with E-state index in [1.54, 1.807) is 6.33 Å². The summed E-state index contributed by atoms with van der Waals surface area (Å²) in [6.45, 7) is 4.96. The molecule has 0 atom stereocenters. The third kappa shape index (κ3) is 3.42. The van der Waals surface area contributed by atoms with Gasteiger partial charge in [0.1, 0.15) is 12.2 Å². The maximum atomic E-state index is 5.82. The average molecular weight is 257 g/mol. The maximum absolute atomic E-state index is 5.82. The van der Waals surface area contributed by atoms with E-state index >= 15 is 0 Å². The molecule has 1 N–H and O–H groups in total. The minimum Gasteiger partial charge on any atom is -0.309 e. The van der Waals surface area contributed by atoms with Gasteiger partial charge in [-0.1, -0.05) is 6.92 Å². The van der Waals surface area contributed by atoms with Crippen molar-refractivity contribution in [1.29, 1.82) is 0 Å². The molecule has 1 fully saturated rings. The minimum absolute atomic E-state index is 0.483. The topological polar surface area (TPSA) is 42.7 Å². The summed E-state index contributed by atoms with van der Waals surface area (Å²) in [4.78, 5) is 4.28. The summed E-state index contributed by atoms with van der Waals surface area (Å²) in [5.41, 5.74) is 0.483. The van der Waals surface area contributed by atoms with Gasteiger partial charge < -0.3 is 5.32 Å². The Kier molecular flexibility index (Phi) is 4.40. The lowest BCUT2D eigenvalue weighted by Gasteiger charge is -2.14. The van der Waals surface area contributed by atoms with Crippen LogP contribution < -0.4 is 5.32 Å². The van der Waals surface area contributed by atoms with E-state index in [4.69, 9.17) is 11.6 Å². The third-order valence-corrected chi connectivity index (χ3v) is 3.69. The number of nitrogens with one attached hydrogen (secondary N) is 1. The first-order chi connectivity index (χ1) is 8.29. The molecule has 0 amide bonds. The smallest absolute Gasteiger partial charge is 0.140 e. The second kappa shape index (κ2) is 5.83. The molecule has 2 rings (SSSR count). The molecule has 0 aliphatic heterocycles. The summed E-state index contributed by atoms with van der Waals surface area (Å²) in [6, 6.07) is 0. The molecule has 0 unspecified atom stereocenters. The Morgan fingerprint density at radius 1 is 1.53 bits per heavy atom. The van der Waals surface area contributed by atoms with Crippen molar-refractivity contribution in [1.82, 2.24) is 20.1 Å². The van der Waals surface area contributed by atoms with Gasteiger partial charge in [-0.05, 0) is 31.1 Å². The van der Waals surface area contributed by atoms with E-state index in [-0.39, 0.29) is 0 Å². The number of hydrogen-bond acceptors (Lipinski definition) is 3. The lowest BCUT2D eigenvalue weighted by atomic mass is 10.0. The second-order valence-electron chi connectivity index (χ2n) is 4.94. The Labute approximate surface area is 108 Å². The number of nitrogens with zero attached hydrogens (tertiary/aromatic N) is 3. The van der Waals surface area contributed by atoms with Gasteiger partial charge in [-0.15, -0.1) is 11.6 Å². The molecule has 1 aromatic rings. The van der Waals surface area contributed by atoms with Crippen LogP contribution in [-0.4, -0.2) is 27.2 Å². The molecule has 0 aromatic carbocycles. The highest BCUT2D eigenvalue weighted by molar-refractivity contribution is 6.17. The minimum atomic E-state index is 0.483. The fourth-order valence-corrected chi connectivity index (χ4v) is 2.56. The van der Waals surface area contributed by atoms with Gasteiger partial charge in [0.15, 0.2) is 0 Å². The van der Waals surface area contributed by atoms with E-state index in [9.17, 15) is 0 Å². The molecule has 96 valence electrons. The van der Waals surface area contributed by atoms with Crippen LogP contribution >= 0.6 is 11.6 Å². The highest BCUT2D eigenvalue weighted by Crippen LogP contribution is 2.48. The van der Waals surface area contributed by atoms with Crippen LogP contribution in [0.1, 0.15) is 38.4 Å². The molecular formula is C12H21ClN4. The summed E-state index contributed by atoms with van der Waals surface area (Å²) in [5.74, 6) is 1.81. The van der Waals surface area contributed by atoms with Crippen LogP contribution in [0.2, 0.25) is 0 Å². The van der Waals surface area contributed by atoms with Crippen molar-refractivity contribution in [2.45, 2.75) is 45.7 Å². The van der Waals surface area contributed by atoms with Crippen molar-refractivity contribution in [3.63, 3.8) is 0 Å². The molecule has 4 nitrogen and oxygen atoms in total. The van der Waals surface area contributed by atoms with Crippen molar-refractivity contribution < 1.29 is 0 Å². The molecule has 1 aliphatic rings. The highest BCUT2D eigenvalue weighted by Gasteiger charge is 2.41. The molecule has 0 spiro atoms. The van der Waals surface area contributed by atoms with E-state index in [0.717, 1.165) is 44.2 Å². The van der Waals surface area contributed by atoms with Crippen molar-refractivity contribution in [2.24, 2.45) is 5.41 Å². The van der Waals surface area contributed by atoms with Crippen LogP contribution in [0, 0.1) is 5.41 Å². The van der Waals surface area contributed by atoms with Crippen LogP contribution in [0.15, 0.2) is 6.33 Å². The second-order valence-corrected chi connectivity index (χ2v) is 5.32. The number of halogens is 1. The summed E-state index contributed by atoms with van der Waals surface area (Å²) in [5, 5.41) is 7.71. The van der Waals surface area contributed by atoms with Crippen LogP contribution in [0.3, 0.4) is 0 Å². The quantitative estimate of drug-likeness (QED) is 0.725. The summed E-state index contributed by atoms with van der Waals surface area (Å²) >= 11 is 5.82. The normalized spacial score (nSPS) is 17.3. The third-order valence-electron chi connectivity index (χ3n) is 3.50. The highest BCUT2D eigenvalue weighted by atomic mass is 35.5. The fourth-order valence-electron chi connectivity index (χ4n) is 2.16.